The van der Waals surface area contributed by atoms with E-state index < -0.39 is 23.8 Å². The molecule has 3 nitrogen and oxygen atoms in total. The van der Waals surface area contributed by atoms with Gasteiger partial charge in [0.1, 0.15) is 5.75 Å². The number of carboxylic acids is 1. The van der Waals surface area contributed by atoms with Crippen LogP contribution in [0.2, 0.25) is 0 Å². The summed E-state index contributed by atoms with van der Waals surface area (Å²) in [7, 11) is 0. The third-order valence-corrected chi connectivity index (χ3v) is 3.45. The largest absolute Gasteiger partial charge is 0.478 e. The summed E-state index contributed by atoms with van der Waals surface area (Å²) in [5.74, 6) is -1.67. The van der Waals surface area contributed by atoms with Gasteiger partial charge in [-0.2, -0.15) is 13.2 Å². The van der Waals surface area contributed by atoms with Crippen molar-refractivity contribution in [2.24, 2.45) is 0 Å². The highest BCUT2D eigenvalue weighted by atomic mass is 19.4. The highest BCUT2D eigenvalue weighted by molar-refractivity contribution is 5.95. The van der Waals surface area contributed by atoms with E-state index in [0.29, 0.717) is 11.1 Å². The monoisotopic (exact) mass is 366 g/mol. The molecule has 26 heavy (non-hydrogen) atoms. The third-order valence-electron chi connectivity index (χ3n) is 3.45. The number of ether oxygens (including phenoxy) is 1. The van der Waals surface area contributed by atoms with E-state index in [1.807, 2.05) is 13.8 Å². The Morgan fingerprint density at radius 2 is 1.96 bits per heavy atom. The summed E-state index contributed by atoms with van der Waals surface area (Å²) in [6.45, 7) is 9.36. The Balaban J connectivity index is 0.00000163. The fraction of sp³-hybridized carbons (Fsp3) is 0.250. The smallest absolute Gasteiger partial charge is 0.430 e. The number of alkyl halides is 3. The number of rotatable bonds is 4. The van der Waals surface area contributed by atoms with Gasteiger partial charge in [-0.1, -0.05) is 56.9 Å². The Kier molecular flexibility index (Phi) is 7.43. The van der Waals surface area contributed by atoms with Crippen molar-refractivity contribution >= 4 is 17.6 Å². The van der Waals surface area contributed by atoms with E-state index in [-0.39, 0.29) is 5.75 Å². The zero-order valence-electron chi connectivity index (χ0n) is 14.8. The lowest BCUT2D eigenvalue weighted by atomic mass is 9.97. The SMILES string of the molecule is C=C/C=C\C(=C/C)c1ccc2c(c1)OC(C(F)(F)F)C(C(=O)O)=C2.CC. The van der Waals surface area contributed by atoms with Crippen LogP contribution in [0.3, 0.4) is 0 Å². The molecule has 0 fully saturated rings. The van der Waals surface area contributed by atoms with Gasteiger partial charge in [-0.25, -0.2) is 4.79 Å². The number of carbonyl (C=O) groups is 1. The fourth-order valence-electron chi connectivity index (χ4n) is 2.32. The number of hydrogen-bond donors (Lipinski definition) is 1. The molecule has 0 spiro atoms. The molecule has 1 aliphatic heterocycles. The van der Waals surface area contributed by atoms with Crippen LogP contribution in [0.25, 0.3) is 11.6 Å². The molecule has 1 aromatic carbocycles. The molecule has 0 amide bonds. The second-order valence-corrected chi connectivity index (χ2v) is 5.04. The molecule has 1 N–H and O–H groups in total. The van der Waals surface area contributed by atoms with Crippen LogP contribution in [0.15, 0.2) is 54.7 Å². The van der Waals surface area contributed by atoms with Gasteiger partial charge in [0.25, 0.3) is 0 Å². The molecule has 140 valence electrons. The van der Waals surface area contributed by atoms with Crippen molar-refractivity contribution in [3.05, 3.63) is 65.8 Å². The normalized spacial score (nSPS) is 16.8. The maximum Gasteiger partial charge on any atom is 0.430 e. The molecule has 1 atom stereocenters. The molecular weight excluding hydrogens is 345 g/mol. The van der Waals surface area contributed by atoms with Crippen molar-refractivity contribution in [3.8, 4) is 5.75 Å². The Hall–Kier alpha value is -2.76. The van der Waals surface area contributed by atoms with Gasteiger partial charge in [-0.3, -0.25) is 0 Å². The minimum absolute atomic E-state index is 0.00817. The van der Waals surface area contributed by atoms with Crippen molar-refractivity contribution in [3.63, 3.8) is 0 Å². The highest BCUT2D eigenvalue weighted by Gasteiger charge is 2.48. The molecular formula is C20H21F3O3. The first-order chi connectivity index (χ1) is 12.3. The number of hydrogen-bond acceptors (Lipinski definition) is 2. The predicted molar refractivity (Wildman–Crippen MR) is 96.9 cm³/mol. The molecule has 0 bridgehead atoms. The summed E-state index contributed by atoms with van der Waals surface area (Å²) < 4.78 is 44.2. The van der Waals surface area contributed by atoms with Gasteiger partial charge in [-0.15, -0.1) is 0 Å². The summed E-state index contributed by atoms with van der Waals surface area (Å²) in [5.41, 5.74) is 0.890. The second kappa shape index (κ2) is 9.08. The fourth-order valence-corrected chi connectivity index (χ4v) is 2.32. The quantitative estimate of drug-likeness (QED) is 0.701. The van der Waals surface area contributed by atoms with Crippen molar-refractivity contribution < 1.29 is 27.8 Å². The highest BCUT2D eigenvalue weighted by Crippen LogP contribution is 2.38. The minimum atomic E-state index is -4.82. The number of allylic oxidation sites excluding steroid dienone is 5. The Bertz CT molecular complexity index is 756. The van der Waals surface area contributed by atoms with Crippen molar-refractivity contribution in [1.29, 1.82) is 0 Å². The first-order valence-electron chi connectivity index (χ1n) is 8.06. The average molecular weight is 366 g/mol. The van der Waals surface area contributed by atoms with Crippen molar-refractivity contribution in [1.82, 2.24) is 0 Å². The van der Waals surface area contributed by atoms with Crippen LogP contribution < -0.4 is 4.74 Å². The molecule has 0 radical (unpaired) electrons. The molecule has 0 saturated carbocycles. The van der Waals surface area contributed by atoms with Crippen LogP contribution in [0.4, 0.5) is 13.2 Å². The van der Waals surface area contributed by atoms with Gasteiger partial charge in [-0.05, 0) is 30.2 Å². The van der Waals surface area contributed by atoms with Crippen molar-refractivity contribution in [2.75, 3.05) is 0 Å². The Morgan fingerprint density at radius 1 is 1.31 bits per heavy atom. The van der Waals surface area contributed by atoms with E-state index in [9.17, 15) is 18.0 Å². The van der Waals surface area contributed by atoms with Crippen LogP contribution >= 0.6 is 0 Å². The van der Waals surface area contributed by atoms with Crippen LogP contribution in [-0.4, -0.2) is 23.4 Å². The standard InChI is InChI=1S/C18H15F3O3.C2H6/c1-3-5-6-11(4-2)12-7-8-13-9-14(17(22)23)16(18(19,20)21)24-15(13)10-12;1-2/h3-10,16H,1H2,2H3,(H,22,23);1-2H3/b6-5-,11-4+;. The predicted octanol–water partition coefficient (Wildman–Crippen LogP) is 5.65. The summed E-state index contributed by atoms with van der Waals surface area (Å²) in [6, 6.07) is 4.69. The molecule has 2 rings (SSSR count). The zero-order chi connectivity index (χ0) is 19.9. The third kappa shape index (κ3) is 4.88. The Labute approximate surface area is 150 Å². The second-order valence-electron chi connectivity index (χ2n) is 5.04. The lowest BCUT2D eigenvalue weighted by Crippen LogP contribution is -2.40. The van der Waals surface area contributed by atoms with E-state index >= 15 is 0 Å². The molecule has 6 heteroatoms. The van der Waals surface area contributed by atoms with Crippen molar-refractivity contribution in [2.45, 2.75) is 33.1 Å². The van der Waals surface area contributed by atoms with Crippen LogP contribution in [-0.2, 0) is 4.79 Å². The first kappa shape index (κ1) is 21.3. The number of aliphatic carboxylic acids is 1. The summed E-state index contributed by atoms with van der Waals surface area (Å²) in [4.78, 5) is 11.1. The van der Waals surface area contributed by atoms with Crippen LogP contribution in [0.1, 0.15) is 31.9 Å². The van der Waals surface area contributed by atoms with E-state index in [1.54, 1.807) is 37.3 Å². The van der Waals surface area contributed by atoms with Gasteiger partial charge in [0, 0.05) is 5.56 Å². The van der Waals surface area contributed by atoms with Gasteiger partial charge in [0.2, 0.25) is 6.10 Å². The lowest BCUT2D eigenvalue weighted by molar-refractivity contribution is -0.187. The minimum Gasteiger partial charge on any atom is -0.478 e. The maximum absolute atomic E-state index is 13.1. The molecule has 0 saturated heterocycles. The van der Waals surface area contributed by atoms with Crippen LogP contribution in [0, 0.1) is 0 Å². The van der Waals surface area contributed by atoms with Gasteiger partial charge in [0.15, 0.2) is 0 Å². The molecule has 0 aliphatic carbocycles. The van der Waals surface area contributed by atoms with E-state index in [0.717, 1.165) is 11.6 Å². The average Bonchev–Trinajstić information content (AvgIpc) is 2.62. The number of halogens is 3. The molecule has 1 aromatic rings. The summed E-state index contributed by atoms with van der Waals surface area (Å²) in [6.07, 6.45) is 0.538. The zero-order valence-corrected chi connectivity index (χ0v) is 14.8. The lowest BCUT2D eigenvalue weighted by Gasteiger charge is -2.27. The molecule has 0 aromatic heterocycles. The molecule has 1 aliphatic rings. The van der Waals surface area contributed by atoms with Gasteiger partial charge in [0.05, 0.1) is 5.57 Å². The number of fused-ring (bicyclic) bond motifs is 1. The van der Waals surface area contributed by atoms with E-state index in [2.05, 4.69) is 6.58 Å². The number of carboxylic acid groups (broad SMARTS) is 1. The molecule has 1 heterocycles. The topological polar surface area (TPSA) is 46.5 Å². The van der Waals surface area contributed by atoms with E-state index in [4.69, 9.17) is 9.84 Å². The number of benzene rings is 1. The first-order valence-corrected chi connectivity index (χ1v) is 8.06. The summed E-state index contributed by atoms with van der Waals surface area (Å²) >= 11 is 0. The molecule has 1 unspecified atom stereocenters. The maximum atomic E-state index is 13.1. The Morgan fingerprint density at radius 3 is 2.46 bits per heavy atom. The van der Waals surface area contributed by atoms with Gasteiger partial charge >= 0.3 is 12.1 Å². The van der Waals surface area contributed by atoms with Gasteiger partial charge < -0.3 is 9.84 Å². The van der Waals surface area contributed by atoms with E-state index in [1.165, 1.54) is 12.1 Å². The van der Waals surface area contributed by atoms with Crippen LogP contribution in [0.5, 0.6) is 5.75 Å². The summed E-state index contributed by atoms with van der Waals surface area (Å²) in [5, 5.41) is 9.00.